The third-order valence-electron chi connectivity index (χ3n) is 5.84. The lowest BCUT2D eigenvalue weighted by molar-refractivity contribution is -0.127. The number of aliphatic hydroxyl groups is 1. The van der Waals surface area contributed by atoms with Crippen LogP contribution in [0, 0.1) is 17.8 Å². The number of rotatable bonds is 14. The number of benzene rings is 1. The first-order valence-corrected chi connectivity index (χ1v) is 11.7. The summed E-state index contributed by atoms with van der Waals surface area (Å²) in [4.78, 5) is 25.2. The zero-order valence-corrected chi connectivity index (χ0v) is 20.4. The smallest absolute Gasteiger partial charge is 0.408 e. The molecule has 0 aliphatic carbocycles. The second-order valence-electron chi connectivity index (χ2n) is 9.62. The van der Waals surface area contributed by atoms with E-state index < -0.39 is 48.3 Å². The number of aliphatic hydroxyl groups excluding tert-OH is 1. The van der Waals surface area contributed by atoms with Crippen LogP contribution in [-0.2, 0) is 16.1 Å². The number of carbonyl (C=O) groups excluding carboxylic acids is 2. The van der Waals surface area contributed by atoms with E-state index in [0.29, 0.717) is 6.42 Å². The van der Waals surface area contributed by atoms with Crippen LogP contribution >= 0.6 is 0 Å². The molecule has 0 bridgehead atoms. The fourth-order valence-corrected chi connectivity index (χ4v) is 3.41. The quantitative estimate of drug-likeness (QED) is 0.366. The molecule has 1 aromatic carbocycles. The number of nitrogens with one attached hydrogen (secondary N) is 1. The van der Waals surface area contributed by atoms with Crippen molar-refractivity contribution < 1.29 is 28.2 Å². The summed E-state index contributed by atoms with van der Waals surface area (Å²) in [5.41, 5.74) is 6.90. The van der Waals surface area contributed by atoms with Crippen LogP contribution in [0.3, 0.4) is 0 Å². The van der Waals surface area contributed by atoms with E-state index in [2.05, 4.69) is 5.32 Å². The molecule has 0 aliphatic heterocycles. The summed E-state index contributed by atoms with van der Waals surface area (Å²) in [5.74, 6) is -4.27. The van der Waals surface area contributed by atoms with Crippen molar-refractivity contribution in [1.82, 2.24) is 5.32 Å². The van der Waals surface area contributed by atoms with E-state index in [1.807, 2.05) is 44.2 Å². The van der Waals surface area contributed by atoms with Crippen LogP contribution < -0.4 is 11.1 Å². The number of ether oxygens (including phenoxy) is 1. The summed E-state index contributed by atoms with van der Waals surface area (Å²) in [7, 11) is 0. The van der Waals surface area contributed by atoms with Gasteiger partial charge in [0.05, 0.1) is 12.1 Å². The molecule has 33 heavy (non-hydrogen) atoms. The van der Waals surface area contributed by atoms with Crippen LogP contribution in [0.2, 0.25) is 0 Å². The molecule has 0 radical (unpaired) electrons. The lowest BCUT2D eigenvalue weighted by atomic mass is 9.86. The van der Waals surface area contributed by atoms with Gasteiger partial charge >= 0.3 is 6.09 Å². The summed E-state index contributed by atoms with van der Waals surface area (Å²) >= 11 is 0. The van der Waals surface area contributed by atoms with Gasteiger partial charge in [0.15, 0.2) is 5.78 Å². The van der Waals surface area contributed by atoms with Crippen molar-refractivity contribution in [2.45, 2.75) is 91.0 Å². The zero-order chi connectivity index (χ0) is 25.2. The molecule has 1 amide bonds. The van der Waals surface area contributed by atoms with Crippen LogP contribution in [0.4, 0.5) is 13.6 Å². The van der Waals surface area contributed by atoms with Gasteiger partial charge in [0.1, 0.15) is 12.7 Å². The van der Waals surface area contributed by atoms with Crippen molar-refractivity contribution in [1.29, 1.82) is 0 Å². The van der Waals surface area contributed by atoms with Gasteiger partial charge in [-0.15, -0.1) is 0 Å². The number of nitrogens with two attached hydrogens (primary N) is 1. The maximum Gasteiger partial charge on any atom is 0.408 e. The van der Waals surface area contributed by atoms with Gasteiger partial charge in [-0.2, -0.15) is 0 Å². The molecule has 188 valence electrons. The highest BCUT2D eigenvalue weighted by molar-refractivity contribution is 5.91. The topological polar surface area (TPSA) is 102 Å². The van der Waals surface area contributed by atoms with Gasteiger partial charge in [-0.05, 0) is 42.6 Å². The number of alkyl halides is 2. The van der Waals surface area contributed by atoms with E-state index in [-0.39, 0.29) is 31.3 Å². The van der Waals surface area contributed by atoms with Gasteiger partial charge in [0, 0.05) is 6.42 Å². The first kappa shape index (κ1) is 29.0. The Labute approximate surface area is 196 Å². The lowest BCUT2D eigenvalue weighted by Crippen LogP contribution is -2.53. The molecular weight excluding hydrogens is 430 g/mol. The Morgan fingerprint density at radius 1 is 1.06 bits per heavy atom. The van der Waals surface area contributed by atoms with Gasteiger partial charge in [-0.25, -0.2) is 13.6 Å². The average molecular weight is 471 g/mol. The predicted molar refractivity (Wildman–Crippen MR) is 125 cm³/mol. The molecule has 0 fully saturated rings. The normalized spacial score (nSPS) is 15.7. The molecule has 4 atom stereocenters. The van der Waals surface area contributed by atoms with Gasteiger partial charge in [0.25, 0.3) is 5.92 Å². The maximum atomic E-state index is 14.3. The van der Waals surface area contributed by atoms with E-state index in [4.69, 9.17) is 10.5 Å². The summed E-state index contributed by atoms with van der Waals surface area (Å²) in [5, 5.41) is 12.4. The van der Waals surface area contributed by atoms with Gasteiger partial charge in [-0.1, -0.05) is 65.0 Å². The van der Waals surface area contributed by atoms with Crippen molar-refractivity contribution in [3.05, 3.63) is 35.9 Å². The van der Waals surface area contributed by atoms with Crippen molar-refractivity contribution in [2.75, 3.05) is 0 Å². The largest absolute Gasteiger partial charge is 0.445 e. The molecule has 0 saturated carbocycles. The Morgan fingerprint density at radius 2 is 1.67 bits per heavy atom. The molecule has 1 unspecified atom stereocenters. The van der Waals surface area contributed by atoms with Gasteiger partial charge in [-0.3, -0.25) is 4.79 Å². The fraction of sp³-hybridized carbons (Fsp3) is 0.680. The molecule has 1 aromatic rings. The van der Waals surface area contributed by atoms with Crippen LogP contribution in [0.5, 0.6) is 0 Å². The summed E-state index contributed by atoms with van der Waals surface area (Å²) in [6, 6.07) is 7.19. The van der Waals surface area contributed by atoms with E-state index in [0.717, 1.165) is 5.56 Å². The van der Waals surface area contributed by atoms with Crippen molar-refractivity contribution in [3.63, 3.8) is 0 Å². The summed E-state index contributed by atoms with van der Waals surface area (Å²) in [6.45, 7) is 9.03. The standard InChI is InChI=1S/C25H40F2N2O4/c1-16(2)11-12-20(30)25(26,27)14-13-18(5)21(28)23(31)22(17(3)4)29-24(32)33-15-19-9-7-6-8-10-19/h6-10,16-18,20-22,30H,11-15,28H2,1-5H3,(H,29,32)/t18?,20-,21+,22+/m1/s1. The molecule has 6 nitrogen and oxygen atoms in total. The lowest BCUT2D eigenvalue weighted by Gasteiger charge is -2.29. The molecule has 8 heteroatoms. The third-order valence-corrected chi connectivity index (χ3v) is 5.84. The highest BCUT2D eigenvalue weighted by atomic mass is 19.3. The Hall–Kier alpha value is -2.06. The highest BCUT2D eigenvalue weighted by Gasteiger charge is 2.39. The minimum absolute atomic E-state index is 0.0223. The number of Topliss-reactive ketones (excluding diaryl/α,β-unsaturated/α-hetero) is 1. The first-order chi connectivity index (χ1) is 15.3. The Bertz CT molecular complexity index is 728. The number of amides is 1. The second kappa shape index (κ2) is 13.6. The minimum atomic E-state index is -3.25. The molecule has 1 rings (SSSR count). The van der Waals surface area contributed by atoms with Crippen molar-refractivity contribution in [3.8, 4) is 0 Å². The monoisotopic (exact) mass is 470 g/mol. The predicted octanol–water partition coefficient (Wildman–Crippen LogP) is 4.68. The Kier molecular flexibility index (Phi) is 11.9. The molecular formula is C25H40F2N2O4. The molecule has 0 saturated heterocycles. The molecule has 0 aliphatic rings. The van der Waals surface area contributed by atoms with E-state index in [1.54, 1.807) is 20.8 Å². The number of halogens is 2. The maximum absolute atomic E-state index is 14.3. The SMILES string of the molecule is CC(C)CC[C@@H](O)C(F)(F)CCC(C)[C@H](N)C(=O)[C@@H](NC(=O)OCc1ccccc1)C(C)C. The van der Waals surface area contributed by atoms with Gasteiger partial charge in [0.2, 0.25) is 0 Å². The Morgan fingerprint density at radius 3 is 2.21 bits per heavy atom. The van der Waals surface area contributed by atoms with Crippen LogP contribution in [0.25, 0.3) is 0 Å². The summed E-state index contributed by atoms with van der Waals surface area (Å²) in [6.07, 6.45) is -2.52. The molecule has 0 aromatic heterocycles. The number of hydrogen-bond donors (Lipinski definition) is 3. The first-order valence-electron chi connectivity index (χ1n) is 11.7. The number of carbonyl (C=O) groups is 2. The third kappa shape index (κ3) is 10.2. The van der Waals surface area contributed by atoms with Crippen molar-refractivity contribution >= 4 is 11.9 Å². The average Bonchev–Trinajstić information content (AvgIpc) is 2.77. The number of hydrogen-bond acceptors (Lipinski definition) is 5. The van der Waals surface area contributed by atoms with E-state index in [9.17, 15) is 23.5 Å². The van der Waals surface area contributed by atoms with Crippen LogP contribution in [0.1, 0.15) is 65.9 Å². The highest BCUT2D eigenvalue weighted by Crippen LogP contribution is 2.30. The molecule has 4 N–H and O–H groups in total. The molecule has 0 spiro atoms. The minimum Gasteiger partial charge on any atom is -0.445 e. The fourth-order valence-electron chi connectivity index (χ4n) is 3.41. The van der Waals surface area contributed by atoms with E-state index in [1.165, 1.54) is 0 Å². The second-order valence-corrected chi connectivity index (χ2v) is 9.62. The Balaban J connectivity index is 2.63. The van der Waals surface area contributed by atoms with Crippen molar-refractivity contribution in [2.24, 2.45) is 23.5 Å². The van der Waals surface area contributed by atoms with E-state index >= 15 is 0 Å². The number of ketones is 1. The van der Waals surface area contributed by atoms with Crippen LogP contribution in [-0.4, -0.2) is 41.1 Å². The van der Waals surface area contributed by atoms with Crippen LogP contribution in [0.15, 0.2) is 30.3 Å². The zero-order valence-electron chi connectivity index (χ0n) is 20.4. The van der Waals surface area contributed by atoms with Gasteiger partial charge < -0.3 is 20.9 Å². The summed E-state index contributed by atoms with van der Waals surface area (Å²) < 4.78 is 33.8. The number of alkyl carbamates (subject to hydrolysis) is 1. The molecule has 0 heterocycles.